The number of aliphatic hydroxyl groups is 1. The Labute approximate surface area is 258 Å². The van der Waals surface area contributed by atoms with Crippen LogP contribution in [0.5, 0.6) is 11.5 Å². The van der Waals surface area contributed by atoms with Crippen molar-refractivity contribution in [1.29, 1.82) is 0 Å². The van der Waals surface area contributed by atoms with Crippen LogP contribution in [0.4, 0.5) is 5.69 Å². The lowest BCUT2D eigenvalue weighted by molar-refractivity contribution is -0.129. The molecule has 1 aliphatic carbocycles. The van der Waals surface area contributed by atoms with Crippen molar-refractivity contribution in [3.63, 3.8) is 0 Å². The summed E-state index contributed by atoms with van der Waals surface area (Å²) in [5, 5.41) is 13.9. The maximum absolute atomic E-state index is 14.2. The van der Waals surface area contributed by atoms with Gasteiger partial charge in [0.2, 0.25) is 5.91 Å². The summed E-state index contributed by atoms with van der Waals surface area (Å²) in [6.07, 6.45) is 0.628. The molecule has 2 aliphatic rings. The monoisotopic (exact) mass is 611 g/mol. The number of ether oxygens (including phenoxy) is 1. The van der Waals surface area contributed by atoms with E-state index in [2.05, 4.69) is 11.9 Å². The number of Topliss-reactive ketones (excluding diaryl/α,β-unsaturated/α-hetero) is 1. The van der Waals surface area contributed by atoms with Crippen LogP contribution in [0.25, 0.3) is 10.1 Å². The highest BCUT2D eigenvalue weighted by molar-refractivity contribution is 7.21. The van der Waals surface area contributed by atoms with Gasteiger partial charge in [-0.1, -0.05) is 36.9 Å². The number of nitrogens with two attached hydrogens (primary N) is 3. The number of para-hydroxylation sites is 1. The van der Waals surface area contributed by atoms with E-state index in [1.54, 1.807) is 24.3 Å². The molecule has 6 rings (SSSR count). The Morgan fingerprint density at radius 2 is 1.84 bits per heavy atom. The number of hydrogen-bond acceptors (Lipinski definition) is 9. The summed E-state index contributed by atoms with van der Waals surface area (Å²) >= 11 is 1.14. The van der Waals surface area contributed by atoms with Crippen molar-refractivity contribution in [2.75, 3.05) is 18.8 Å². The van der Waals surface area contributed by atoms with Crippen LogP contribution >= 0.6 is 11.3 Å². The molecule has 0 bridgehead atoms. The molecule has 1 aromatic heterocycles. The van der Waals surface area contributed by atoms with Crippen LogP contribution < -0.4 is 27.3 Å². The normalized spacial score (nSPS) is 23.0. The van der Waals surface area contributed by atoms with Crippen molar-refractivity contribution in [3.05, 3.63) is 100 Å². The van der Waals surface area contributed by atoms with E-state index in [4.69, 9.17) is 21.9 Å². The number of carbonyl (C=O) groups is 3. The first-order valence-electron chi connectivity index (χ1n) is 14.2. The number of nitrogen functional groups attached to an aromatic ring is 1. The summed E-state index contributed by atoms with van der Waals surface area (Å²) in [6.45, 7) is 5.73. The molecule has 0 spiro atoms. The van der Waals surface area contributed by atoms with Crippen molar-refractivity contribution in [1.82, 2.24) is 10.2 Å². The largest absolute Gasteiger partial charge is 0.457 e. The fourth-order valence-electron chi connectivity index (χ4n) is 6.33. The van der Waals surface area contributed by atoms with Gasteiger partial charge in [0.25, 0.3) is 5.91 Å². The number of likely N-dealkylation sites (tertiary alicyclic amines) is 1. The molecule has 3 aromatic carbocycles. The minimum Gasteiger partial charge on any atom is -0.457 e. The molecule has 1 aliphatic heterocycles. The third-order valence-corrected chi connectivity index (χ3v) is 9.62. The molecule has 4 atom stereocenters. The number of hydrogen-bond donors (Lipinski definition) is 5. The number of nitrogens with one attached hydrogen (secondary N) is 1. The summed E-state index contributed by atoms with van der Waals surface area (Å²) in [5.41, 5.74) is 21.1. The highest BCUT2D eigenvalue weighted by atomic mass is 32.1. The number of amides is 2. The van der Waals surface area contributed by atoms with Gasteiger partial charge in [-0.2, -0.15) is 0 Å². The van der Waals surface area contributed by atoms with Crippen molar-refractivity contribution in [3.8, 4) is 11.5 Å². The first-order valence-corrected chi connectivity index (χ1v) is 15.0. The van der Waals surface area contributed by atoms with Gasteiger partial charge < -0.3 is 37.3 Å². The third-order valence-electron chi connectivity index (χ3n) is 8.37. The fourth-order valence-corrected chi connectivity index (χ4v) is 7.53. The van der Waals surface area contributed by atoms with Gasteiger partial charge in [0, 0.05) is 35.8 Å². The van der Waals surface area contributed by atoms with Gasteiger partial charge >= 0.3 is 0 Å². The zero-order valence-electron chi connectivity index (χ0n) is 24.1. The second kappa shape index (κ2) is 11.2. The van der Waals surface area contributed by atoms with Crippen LogP contribution in [0.1, 0.15) is 44.4 Å². The lowest BCUT2D eigenvalue weighted by Crippen LogP contribution is -2.54. The zero-order chi connectivity index (χ0) is 31.3. The minimum absolute atomic E-state index is 0.155. The Morgan fingerprint density at radius 3 is 2.55 bits per heavy atom. The van der Waals surface area contributed by atoms with Crippen LogP contribution in [0.2, 0.25) is 0 Å². The molecule has 2 unspecified atom stereocenters. The van der Waals surface area contributed by atoms with Crippen molar-refractivity contribution in [2.45, 2.75) is 37.1 Å². The smallest absolute Gasteiger partial charge is 0.262 e. The molecule has 0 saturated carbocycles. The predicted octanol–water partition coefficient (Wildman–Crippen LogP) is 3.25. The van der Waals surface area contributed by atoms with E-state index >= 15 is 0 Å². The molecule has 44 heavy (non-hydrogen) atoms. The topological polar surface area (TPSA) is 174 Å². The Morgan fingerprint density at radius 1 is 1.11 bits per heavy atom. The highest BCUT2D eigenvalue weighted by Crippen LogP contribution is 2.50. The highest BCUT2D eigenvalue weighted by Gasteiger charge is 2.49. The van der Waals surface area contributed by atoms with E-state index in [0.29, 0.717) is 44.0 Å². The number of carbonyl (C=O) groups excluding carboxylic acids is 3. The minimum atomic E-state index is -1.61. The summed E-state index contributed by atoms with van der Waals surface area (Å²) < 4.78 is 6.59. The Balaban J connectivity index is 1.39. The Kier molecular flexibility index (Phi) is 7.50. The van der Waals surface area contributed by atoms with Gasteiger partial charge in [0.1, 0.15) is 17.0 Å². The maximum atomic E-state index is 14.2. The lowest BCUT2D eigenvalue weighted by Gasteiger charge is -2.37. The SMILES string of the molecule is C=CC(=O)N1C[C@@H](O)C[C@@H](NC(=O)c2sc3c(N)ccc4c3c2C(N)C(=O)C4(N)c2ccc(Oc3ccccc3)cc2C)C1. The Bertz CT molecular complexity index is 1820. The molecule has 11 heteroatoms. The first-order chi connectivity index (χ1) is 21.0. The van der Waals surface area contributed by atoms with E-state index in [9.17, 15) is 19.5 Å². The average Bonchev–Trinajstić information content (AvgIpc) is 3.41. The molecular formula is C33H33N5O5S. The van der Waals surface area contributed by atoms with Gasteiger partial charge in [0.05, 0.1) is 21.7 Å². The molecule has 1 saturated heterocycles. The van der Waals surface area contributed by atoms with Gasteiger partial charge in [-0.15, -0.1) is 11.3 Å². The average molecular weight is 612 g/mol. The number of piperidine rings is 1. The summed E-state index contributed by atoms with van der Waals surface area (Å²) in [7, 11) is 0. The quantitative estimate of drug-likeness (QED) is 0.163. The molecule has 226 valence electrons. The molecule has 2 heterocycles. The predicted molar refractivity (Wildman–Crippen MR) is 169 cm³/mol. The Hall–Kier alpha value is -4.55. The van der Waals surface area contributed by atoms with Gasteiger partial charge in [-0.3, -0.25) is 14.4 Å². The number of thiophene rings is 1. The van der Waals surface area contributed by atoms with Crippen LogP contribution in [0.3, 0.4) is 0 Å². The van der Waals surface area contributed by atoms with Gasteiger partial charge in [-0.05, 0) is 66.4 Å². The maximum Gasteiger partial charge on any atom is 0.262 e. The molecule has 2 amide bonds. The number of aliphatic hydroxyl groups excluding tert-OH is 1. The van der Waals surface area contributed by atoms with Crippen molar-refractivity contribution >= 4 is 44.7 Å². The second-order valence-corrected chi connectivity index (χ2v) is 12.3. The summed E-state index contributed by atoms with van der Waals surface area (Å²) in [4.78, 5) is 41.8. The second-order valence-electron chi connectivity index (χ2n) is 11.3. The first kappa shape index (κ1) is 29.5. The summed E-state index contributed by atoms with van der Waals surface area (Å²) in [6, 6.07) is 16.4. The van der Waals surface area contributed by atoms with E-state index in [1.807, 2.05) is 43.3 Å². The fraction of sp³-hybridized carbons (Fsp3) is 0.242. The van der Waals surface area contributed by atoms with Crippen molar-refractivity contribution < 1.29 is 24.2 Å². The molecule has 10 nitrogen and oxygen atoms in total. The number of rotatable bonds is 6. The van der Waals surface area contributed by atoms with Crippen molar-refractivity contribution in [2.24, 2.45) is 11.5 Å². The summed E-state index contributed by atoms with van der Waals surface area (Å²) in [5.74, 6) is 0.00320. The van der Waals surface area contributed by atoms with E-state index < -0.39 is 35.4 Å². The number of benzene rings is 3. The third kappa shape index (κ3) is 4.83. The van der Waals surface area contributed by atoms with Crippen LogP contribution in [0.15, 0.2) is 73.3 Å². The standard InChI is InChI=1S/C33H33N5O5S/c1-3-25(40)38-15-18(14-19(39)16-38)37-32(42)30-27-26-23(11-12-24(34)29(26)44-30)33(36,31(41)28(27)35)22-10-9-21(13-17(22)2)43-20-7-5-4-6-8-20/h3-13,18-19,28,39H,1,14-16,34-36H2,2H3,(H,37,42)/t18-,19+,28?,33?/m1/s1. The van der Waals surface area contributed by atoms with Crippen LogP contribution in [-0.4, -0.2) is 52.8 Å². The zero-order valence-corrected chi connectivity index (χ0v) is 24.9. The molecule has 8 N–H and O–H groups in total. The van der Waals surface area contributed by atoms with E-state index in [1.165, 1.54) is 11.0 Å². The number of anilines is 1. The lowest BCUT2D eigenvalue weighted by atomic mass is 9.69. The number of ketones is 1. The molecule has 4 aromatic rings. The molecular weight excluding hydrogens is 578 g/mol. The number of nitrogens with zero attached hydrogens (tertiary/aromatic N) is 1. The number of β-amino-alcohol motifs (C(OH)–C–C–N with tert-alkyl or cyclic N) is 1. The van der Waals surface area contributed by atoms with E-state index in [-0.39, 0.29) is 30.3 Å². The van der Waals surface area contributed by atoms with Crippen LogP contribution in [0, 0.1) is 6.92 Å². The van der Waals surface area contributed by atoms with Crippen LogP contribution in [-0.2, 0) is 15.1 Å². The van der Waals surface area contributed by atoms with Gasteiger partial charge in [-0.25, -0.2) is 0 Å². The number of aryl methyl sites for hydroxylation is 1. The van der Waals surface area contributed by atoms with E-state index in [0.717, 1.165) is 16.9 Å². The molecule has 0 radical (unpaired) electrons. The molecule has 1 fully saturated rings. The van der Waals surface area contributed by atoms with Gasteiger partial charge in [0.15, 0.2) is 5.78 Å².